The molecule has 0 heterocycles. The van der Waals surface area contributed by atoms with E-state index in [9.17, 15) is 9.18 Å². The molecule has 0 saturated carbocycles. The first-order valence-corrected chi connectivity index (χ1v) is 4.13. The maximum atomic E-state index is 12.9. The van der Waals surface area contributed by atoms with Gasteiger partial charge in [-0.15, -0.1) is 0 Å². The fraction of sp³-hybridized carbons (Fsp3) is 0.200. The van der Waals surface area contributed by atoms with Crippen molar-refractivity contribution in [2.45, 2.75) is 6.04 Å². The van der Waals surface area contributed by atoms with E-state index in [2.05, 4.69) is 4.74 Å². The van der Waals surface area contributed by atoms with Gasteiger partial charge in [-0.2, -0.15) is 5.26 Å². The van der Waals surface area contributed by atoms with E-state index >= 15 is 0 Å². The molecule has 0 radical (unpaired) electrons. The Kier molecular flexibility index (Phi) is 3.37. The first-order valence-electron chi connectivity index (χ1n) is 4.13. The van der Waals surface area contributed by atoms with Gasteiger partial charge in [-0.05, 0) is 17.7 Å². The normalized spacial score (nSPS) is 11.6. The van der Waals surface area contributed by atoms with Crippen molar-refractivity contribution < 1.29 is 13.9 Å². The molecule has 78 valence electrons. The van der Waals surface area contributed by atoms with Crippen LogP contribution >= 0.6 is 0 Å². The number of carbonyl (C=O) groups is 1. The molecular weight excluding hydrogens is 199 g/mol. The van der Waals surface area contributed by atoms with Crippen molar-refractivity contribution >= 4 is 5.97 Å². The second-order valence-electron chi connectivity index (χ2n) is 2.85. The summed E-state index contributed by atoms with van der Waals surface area (Å²) in [6.45, 7) is 0. The van der Waals surface area contributed by atoms with Crippen LogP contribution in [-0.2, 0) is 9.53 Å². The number of ether oxygens (including phenoxy) is 1. The van der Waals surface area contributed by atoms with Gasteiger partial charge in [-0.25, -0.2) is 4.39 Å². The van der Waals surface area contributed by atoms with Gasteiger partial charge in [0.2, 0.25) is 0 Å². The van der Waals surface area contributed by atoms with Gasteiger partial charge in [0.25, 0.3) is 0 Å². The average molecular weight is 208 g/mol. The van der Waals surface area contributed by atoms with Crippen molar-refractivity contribution in [3.63, 3.8) is 0 Å². The zero-order chi connectivity index (χ0) is 11.4. The van der Waals surface area contributed by atoms with Gasteiger partial charge in [-0.1, -0.05) is 6.07 Å². The summed E-state index contributed by atoms with van der Waals surface area (Å²) in [4.78, 5) is 11.1. The molecule has 1 aromatic carbocycles. The first-order chi connectivity index (χ1) is 7.10. The third-order valence-corrected chi connectivity index (χ3v) is 1.93. The van der Waals surface area contributed by atoms with Crippen LogP contribution in [0.15, 0.2) is 18.2 Å². The van der Waals surface area contributed by atoms with Gasteiger partial charge >= 0.3 is 5.97 Å². The molecule has 0 aliphatic rings. The minimum atomic E-state index is -0.998. The summed E-state index contributed by atoms with van der Waals surface area (Å²) in [5.74, 6) is -1.27. The quantitative estimate of drug-likeness (QED) is 0.731. The van der Waals surface area contributed by atoms with Crippen molar-refractivity contribution in [2.24, 2.45) is 5.73 Å². The number of carbonyl (C=O) groups excluding carboxylic acids is 1. The summed E-state index contributed by atoms with van der Waals surface area (Å²) in [6, 6.07) is 4.34. The highest BCUT2D eigenvalue weighted by Crippen LogP contribution is 2.15. The molecular formula is C10H9FN2O2. The van der Waals surface area contributed by atoms with Crippen molar-refractivity contribution in [1.29, 1.82) is 5.26 Å². The summed E-state index contributed by atoms with van der Waals surface area (Å²) in [6.07, 6.45) is 0. The van der Waals surface area contributed by atoms with E-state index in [4.69, 9.17) is 11.0 Å². The van der Waals surface area contributed by atoms with Crippen LogP contribution in [0.4, 0.5) is 4.39 Å². The Hall–Kier alpha value is -1.93. The van der Waals surface area contributed by atoms with Crippen LogP contribution in [0.5, 0.6) is 0 Å². The van der Waals surface area contributed by atoms with Gasteiger partial charge in [0.15, 0.2) is 0 Å². The Morgan fingerprint density at radius 3 is 2.87 bits per heavy atom. The lowest BCUT2D eigenvalue weighted by Crippen LogP contribution is -2.22. The summed E-state index contributed by atoms with van der Waals surface area (Å²) < 4.78 is 17.4. The molecule has 1 rings (SSSR count). The van der Waals surface area contributed by atoms with Crippen molar-refractivity contribution in [2.75, 3.05) is 7.11 Å². The minimum absolute atomic E-state index is 0.146. The molecule has 0 fully saturated rings. The van der Waals surface area contributed by atoms with Gasteiger partial charge in [0.05, 0.1) is 12.7 Å². The van der Waals surface area contributed by atoms with Crippen LogP contribution in [0.2, 0.25) is 0 Å². The third-order valence-electron chi connectivity index (χ3n) is 1.93. The lowest BCUT2D eigenvalue weighted by molar-refractivity contribution is -0.142. The number of hydrogen-bond acceptors (Lipinski definition) is 4. The van der Waals surface area contributed by atoms with Crippen LogP contribution in [0.1, 0.15) is 17.2 Å². The average Bonchev–Trinajstić information content (AvgIpc) is 2.27. The first kappa shape index (κ1) is 11.1. The molecule has 4 nitrogen and oxygen atoms in total. The molecule has 0 saturated heterocycles. The molecule has 0 unspecified atom stereocenters. The van der Waals surface area contributed by atoms with Crippen molar-refractivity contribution in [3.8, 4) is 6.07 Å². The van der Waals surface area contributed by atoms with Crippen molar-refractivity contribution in [3.05, 3.63) is 35.1 Å². The Balaban J connectivity index is 3.07. The number of nitriles is 1. The van der Waals surface area contributed by atoms with E-state index in [0.717, 1.165) is 6.07 Å². The SMILES string of the molecule is COC(=O)[C@@H](N)c1ccc(F)c(C#N)c1. The Morgan fingerprint density at radius 2 is 2.33 bits per heavy atom. The molecule has 0 spiro atoms. The largest absolute Gasteiger partial charge is 0.468 e. The second-order valence-corrected chi connectivity index (χ2v) is 2.85. The van der Waals surface area contributed by atoms with E-state index in [1.54, 1.807) is 6.07 Å². The van der Waals surface area contributed by atoms with Gasteiger partial charge < -0.3 is 10.5 Å². The zero-order valence-corrected chi connectivity index (χ0v) is 8.03. The standard InChI is InChI=1S/C10H9FN2O2/c1-15-10(14)9(13)6-2-3-8(11)7(4-6)5-12/h2-4,9H,13H2,1H3/t9-/m0/s1. The van der Waals surface area contributed by atoms with Crippen LogP contribution in [0.25, 0.3) is 0 Å². The minimum Gasteiger partial charge on any atom is -0.468 e. The molecule has 0 aliphatic heterocycles. The molecule has 2 N–H and O–H groups in total. The lowest BCUT2D eigenvalue weighted by Gasteiger charge is -2.09. The lowest BCUT2D eigenvalue weighted by atomic mass is 10.0. The highest BCUT2D eigenvalue weighted by molar-refractivity contribution is 5.77. The maximum Gasteiger partial charge on any atom is 0.327 e. The number of nitrogens with zero attached hydrogens (tertiary/aromatic N) is 1. The summed E-state index contributed by atoms with van der Waals surface area (Å²) in [5, 5.41) is 8.57. The Bertz CT molecular complexity index is 426. The van der Waals surface area contributed by atoms with Crippen LogP contribution in [-0.4, -0.2) is 13.1 Å². The Labute approximate surface area is 86.1 Å². The maximum absolute atomic E-state index is 12.9. The van der Waals surface area contributed by atoms with Gasteiger partial charge in [-0.3, -0.25) is 4.79 Å². The molecule has 5 heteroatoms. The van der Waals surface area contributed by atoms with E-state index in [-0.39, 0.29) is 5.56 Å². The summed E-state index contributed by atoms with van der Waals surface area (Å²) >= 11 is 0. The molecule has 0 amide bonds. The topological polar surface area (TPSA) is 76.1 Å². The fourth-order valence-corrected chi connectivity index (χ4v) is 1.09. The third kappa shape index (κ3) is 2.30. The number of nitrogens with two attached hydrogens (primary N) is 1. The fourth-order valence-electron chi connectivity index (χ4n) is 1.09. The summed E-state index contributed by atoms with van der Waals surface area (Å²) in [7, 11) is 1.21. The monoisotopic (exact) mass is 208 g/mol. The second kappa shape index (κ2) is 4.53. The van der Waals surface area contributed by atoms with E-state index in [1.165, 1.54) is 19.2 Å². The zero-order valence-electron chi connectivity index (χ0n) is 8.03. The highest BCUT2D eigenvalue weighted by atomic mass is 19.1. The van der Waals surface area contributed by atoms with E-state index in [0.29, 0.717) is 5.56 Å². The molecule has 0 aromatic heterocycles. The van der Waals surface area contributed by atoms with Crippen molar-refractivity contribution in [1.82, 2.24) is 0 Å². The molecule has 1 aromatic rings. The molecule has 0 aliphatic carbocycles. The number of benzene rings is 1. The number of methoxy groups -OCH3 is 1. The highest BCUT2D eigenvalue weighted by Gasteiger charge is 2.17. The van der Waals surface area contributed by atoms with E-state index in [1.807, 2.05) is 0 Å². The molecule has 15 heavy (non-hydrogen) atoms. The van der Waals surface area contributed by atoms with Gasteiger partial charge in [0.1, 0.15) is 17.9 Å². The number of hydrogen-bond donors (Lipinski definition) is 1. The van der Waals surface area contributed by atoms with Crippen LogP contribution in [0.3, 0.4) is 0 Å². The molecule has 0 bridgehead atoms. The van der Waals surface area contributed by atoms with Gasteiger partial charge in [0, 0.05) is 0 Å². The van der Waals surface area contributed by atoms with Crippen LogP contribution in [0, 0.1) is 17.1 Å². The number of esters is 1. The van der Waals surface area contributed by atoms with E-state index < -0.39 is 17.8 Å². The number of rotatable bonds is 2. The predicted octanol–water partition coefficient (Wildman–Crippen LogP) is 0.870. The predicted molar refractivity (Wildman–Crippen MR) is 50.1 cm³/mol. The molecule has 1 atom stereocenters. The number of halogens is 1. The van der Waals surface area contributed by atoms with Crippen LogP contribution < -0.4 is 5.73 Å². The Morgan fingerprint density at radius 1 is 1.67 bits per heavy atom. The smallest absolute Gasteiger partial charge is 0.327 e. The summed E-state index contributed by atoms with van der Waals surface area (Å²) in [5.41, 5.74) is 5.72.